The lowest BCUT2D eigenvalue weighted by molar-refractivity contribution is 0.148. The number of rotatable bonds is 6. The summed E-state index contributed by atoms with van der Waals surface area (Å²) < 4.78 is 0. The van der Waals surface area contributed by atoms with E-state index in [0.29, 0.717) is 6.42 Å². The predicted octanol–water partition coefficient (Wildman–Crippen LogP) is 5.25. The molecule has 1 fully saturated rings. The Balaban J connectivity index is 1.79. The fourth-order valence-electron chi connectivity index (χ4n) is 2.39. The molecule has 0 heterocycles. The monoisotopic (exact) mass is 302 g/mol. The van der Waals surface area contributed by atoms with Crippen LogP contribution in [0.25, 0.3) is 12.2 Å². The molecule has 0 saturated heterocycles. The second-order valence-corrected chi connectivity index (χ2v) is 6.05. The molecule has 1 aliphatic carbocycles. The summed E-state index contributed by atoms with van der Waals surface area (Å²) >= 11 is 0. The van der Waals surface area contributed by atoms with Crippen molar-refractivity contribution in [3.63, 3.8) is 0 Å². The van der Waals surface area contributed by atoms with Crippen molar-refractivity contribution in [3.05, 3.63) is 95.6 Å². The first kappa shape index (κ1) is 15.5. The molecule has 0 bridgehead atoms. The van der Waals surface area contributed by atoms with Crippen molar-refractivity contribution in [3.8, 4) is 0 Å². The molecule has 0 amide bonds. The molecule has 1 heteroatoms. The summed E-state index contributed by atoms with van der Waals surface area (Å²) in [5.41, 5.74) is 2.68. The van der Waals surface area contributed by atoms with Crippen LogP contribution < -0.4 is 0 Å². The third-order valence-electron chi connectivity index (χ3n) is 3.98. The molecule has 0 aromatic heterocycles. The highest BCUT2D eigenvalue weighted by Gasteiger charge is 2.20. The van der Waals surface area contributed by atoms with E-state index < -0.39 is 5.60 Å². The van der Waals surface area contributed by atoms with Crippen molar-refractivity contribution in [1.82, 2.24) is 0 Å². The van der Waals surface area contributed by atoms with Gasteiger partial charge in [-0.3, -0.25) is 0 Å². The predicted molar refractivity (Wildman–Crippen MR) is 97.8 cm³/mol. The SMILES string of the molecule is OC(/C=C/c1ccccc1)(/C=C/c1ccccc1)CC=C1CC1. The van der Waals surface area contributed by atoms with E-state index in [1.165, 1.54) is 18.4 Å². The van der Waals surface area contributed by atoms with Gasteiger partial charge in [0.15, 0.2) is 0 Å². The third-order valence-corrected chi connectivity index (χ3v) is 3.98. The van der Waals surface area contributed by atoms with Crippen molar-refractivity contribution in [2.45, 2.75) is 24.9 Å². The summed E-state index contributed by atoms with van der Waals surface area (Å²) in [5, 5.41) is 11.0. The Bertz CT molecular complexity index is 653. The molecule has 0 aliphatic heterocycles. The van der Waals surface area contributed by atoms with Gasteiger partial charge >= 0.3 is 0 Å². The molecule has 23 heavy (non-hydrogen) atoms. The first-order valence-electron chi connectivity index (χ1n) is 8.12. The van der Waals surface area contributed by atoms with Crippen molar-refractivity contribution in [2.75, 3.05) is 0 Å². The summed E-state index contributed by atoms with van der Waals surface area (Å²) in [6.45, 7) is 0. The summed E-state index contributed by atoms with van der Waals surface area (Å²) in [7, 11) is 0. The quantitative estimate of drug-likeness (QED) is 0.722. The second kappa shape index (κ2) is 7.26. The van der Waals surface area contributed by atoms with Crippen molar-refractivity contribution in [2.24, 2.45) is 0 Å². The number of hydrogen-bond acceptors (Lipinski definition) is 1. The van der Waals surface area contributed by atoms with Gasteiger partial charge in [0, 0.05) is 6.42 Å². The van der Waals surface area contributed by atoms with E-state index in [2.05, 4.69) is 6.08 Å². The van der Waals surface area contributed by atoms with Gasteiger partial charge in [0.25, 0.3) is 0 Å². The highest BCUT2D eigenvalue weighted by atomic mass is 16.3. The zero-order valence-electron chi connectivity index (χ0n) is 13.2. The maximum atomic E-state index is 11.0. The lowest BCUT2D eigenvalue weighted by atomic mass is 9.96. The molecule has 0 spiro atoms. The Morgan fingerprint density at radius 1 is 0.783 bits per heavy atom. The Morgan fingerprint density at radius 2 is 1.26 bits per heavy atom. The Kier molecular flexibility index (Phi) is 4.89. The first-order chi connectivity index (χ1) is 11.2. The van der Waals surface area contributed by atoms with E-state index in [0.717, 1.165) is 11.1 Å². The smallest absolute Gasteiger partial charge is 0.105 e. The fourth-order valence-corrected chi connectivity index (χ4v) is 2.39. The molecule has 0 unspecified atom stereocenters. The molecule has 3 rings (SSSR count). The zero-order chi connectivity index (χ0) is 16.0. The van der Waals surface area contributed by atoms with Crippen LogP contribution in [0.2, 0.25) is 0 Å². The van der Waals surface area contributed by atoms with Crippen LogP contribution in [-0.4, -0.2) is 10.7 Å². The second-order valence-electron chi connectivity index (χ2n) is 6.05. The van der Waals surface area contributed by atoms with Gasteiger partial charge in [-0.1, -0.05) is 84.5 Å². The van der Waals surface area contributed by atoms with Crippen LogP contribution in [-0.2, 0) is 0 Å². The molecule has 1 aliphatic rings. The zero-order valence-corrected chi connectivity index (χ0v) is 13.2. The Hall–Kier alpha value is -2.38. The minimum absolute atomic E-state index is 0.620. The average Bonchev–Trinajstić information content (AvgIpc) is 3.43. The van der Waals surface area contributed by atoms with E-state index in [-0.39, 0.29) is 0 Å². The highest BCUT2D eigenvalue weighted by molar-refractivity contribution is 5.55. The fraction of sp³-hybridized carbons (Fsp3) is 0.182. The molecule has 116 valence electrons. The van der Waals surface area contributed by atoms with Crippen LogP contribution in [0, 0.1) is 0 Å². The maximum absolute atomic E-state index is 11.0. The number of allylic oxidation sites excluding steroid dienone is 1. The van der Waals surface area contributed by atoms with Gasteiger partial charge in [0.05, 0.1) is 0 Å². The van der Waals surface area contributed by atoms with Gasteiger partial charge in [0.1, 0.15) is 5.60 Å². The number of hydrogen-bond donors (Lipinski definition) is 1. The maximum Gasteiger partial charge on any atom is 0.105 e. The third kappa shape index (κ3) is 5.08. The molecule has 2 aromatic carbocycles. The van der Waals surface area contributed by atoms with E-state index in [1.807, 2.05) is 85.0 Å². The molecule has 1 nitrogen and oxygen atoms in total. The minimum Gasteiger partial charge on any atom is -0.381 e. The Labute approximate surface area is 138 Å². The number of benzene rings is 2. The topological polar surface area (TPSA) is 20.2 Å². The van der Waals surface area contributed by atoms with E-state index >= 15 is 0 Å². The van der Waals surface area contributed by atoms with E-state index in [1.54, 1.807) is 0 Å². The lowest BCUT2D eigenvalue weighted by Gasteiger charge is -2.19. The largest absolute Gasteiger partial charge is 0.381 e. The van der Waals surface area contributed by atoms with E-state index in [9.17, 15) is 5.11 Å². The van der Waals surface area contributed by atoms with Crippen LogP contribution in [0.5, 0.6) is 0 Å². The van der Waals surface area contributed by atoms with Gasteiger partial charge in [-0.2, -0.15) is 0 Å². The minimum atomic E-state index is -0.957. The van der Waals surface area contributed by atoms with Crippen molar-refractivity contribution in [1.29, 1.82) is 0 Å². The van der Waals surface area contributed by atoms with Crippen LogP contribution in [0.15, 0.2) is 84.5 Å². The highest BCUT2D eigenvalue weighted by Crippen LogP contribution is 2.30. The molecule has 0 radical (unpaired) electrons. The standard InChI is InChI=1S/C22H22O/c23-22(18-15-21-11-12-21,16-13-19-7-3-1-4-8-19)17-14-20-9-5-2-6-10-20/h1-10,13-17,23H,11-12,18H2/b16-13+,17-14+. The van der Waals surface area contributed by atoms with Gasteiger partial charge < -0.3 is 5.11 Å². The van der Waals surface area contributed by atoms with E-state index in [4.69, 9.17) is 0 Å². The molecule has 2 aromatic rings. The normalized spacial score (nSPS) is 14.6. The molecule has 1 N–H and O–H groups in total. The molecule has 0 atom stereocenters. The summed E-state index contributed by atoms with van der Waals surface area (Å²) in [5.74, 6) is 0. The average molecular weight is 302 g/mol. The van der Waals surface area contributed by atoms with Gasteiger partial charge in [0.2, 0.25) is 0 Å². The first-order valence-corrected chi connectivity index (χ1v) is 8.12. The van der Waals surface area contributed by atoms with Crippen LogP contribution in [0.3, 0.4) is 0 Å². The van der Waals surface area contributed by atoms with Gasteiger partial charge in [-0.05, 0) is 36.1 Å². The summed E-state index contributed by atoms with van der Waals surface area (Å²) in [4.78, 5) is 0. The summed E-state index contributed by atoms with van der Waals surface area (Å²) in [6.07, 6.45) is 12.9. The van der Waals surface area contributed by atoms with Crippen LogP contribution >= 0.6 is 0 Å². The Morgan fingerprint density at radius 3 is 1.70 bits per heavy atom. The lowest BCUT2D eigenvalue weighted by Crippen LogP contribution is -2.21. The number of aliphatic hydroxyl groups is 1. The van der Waals surface area contributed by atoms with Crippen LogP contribution in [0.4, 0.5) is 0 Å². The van der Waals surface area contributed by atoms with Crippen molar-refractivity contribution >= 4 is 12.2 Å². The molecular weight excluding hydrogens is 280 g/mol. The van der Waals surface area contributed by atoms with Crippen LogP contribution in [0.1, 0.15) is 30.4 Å². The molecular formula is C22H22O. The van der Waals surface area contributed by atoms with Gasteiger partial charge in [-0.25, -0.2) is 0 Å². The summed E-state index contributed by atoms with van der Waals surface area (Å²) in [6, 6.07) is 20.2. The van der Waals surface area contributed by atoms with Gasteiger partial charge in [-0.15, -0.1) is 0 Å². The molecule has 1 saturated carbocycles. The van der Waals surface area contributed by atoms with Crippen molar-refractivity contribution < 1.29 is 5.11 Å².